The van der Waals surface area contributed by atoms with Crippen molar-refractivity contribution in [2.24, 2.45) is 5.10 Å². The minimum Gasteiger partial charge on any atom is -0.484 e. The summed E-state index contributed by atoms with van der Waals surface area (Å²) in [7, 11) is 0. The maximum Gasteiger partial charge on any atom is 0.277 e. The van der Waals surface area contributed by atoms with Crippen molar-refractivity contribution >= 4 is 23.2 Å². The summed E-state index contributed by atoms with van der Waals surface area (Å²) < 4.78 is 5.34. The zero-order chi connectivity index (χ0) is 17.4. The van der Waals surface area contributed by atoms with E-state index >= 15 is 0 Å². The van der Waals surface area contributed by atoms with Crippen molar-refractivity contribution in [3.8, 4) is 5.75 Å². The quantitative estimate of drug-likeness (QED) is 0.633. The van der Waals surface area contributed by atoms with Crippen molar-refractivity contribution in [2.45, 2.75) is 13.8 Å². The number of benzene rings is 2. The Balaban J connectivity index is 1.91. The van der Waals surface area contributed by atoms with Crippen LogP contribution in [0.1, 0.15) is 19.4 Å². The average molecular weight is 325 g/mol. The zero-order valence-corrected chi connectivity index (χ0v) is 13.6. The number of para-hydroxylation sites is 1. The van der Waals surface area contributed by atoms with Crippen molar-refractivity contribution in [1.82, 2.24) is 5.43 Å². The second-order valence-corrected chi connectivity index (χ2v) is 5.10. The number of anilines is 1. The molecule has 0 saturated carbocycles. The lowest BCUT2D eigenvalue weighted by atomic mass is 10.1. The third-order valence-electron chi connectivity index (χ3n) is 3.06. The summed E-state index contributed by atoms with van der Waals surface area (Å²) in [6.07, 6.45) is 0. The van der Waals surface area contributed by atoms with Crippen molar-refractivity contribution in [2.75, 3.05) is 11.9 Å². The Morgan fingerprint density at radius 1 is 1.04 bits per heavy atom. The van der Waals surface area contributed by atoms with Crippen LogP contribution in [0.4, 0.5) is 5.69 Å². The van der Waals surface area contributed by atoms with Crippen LogP contribution in [0.25, 0.3) is 0 Å². The molecule has 0 fully saturated rings. The van der Waals surface area contributed by atoms with Crippen molar-refractivity contribution < 1.29 is 14.3 Å². The molecule has 2 rings (SSSR count). The van der Waals surface area contributed by atoms with Gasteiger partial charge in [-0.1, -0.05) is 30.3 Å². The molecule has 0 bridgehead atoms. The van der Waals surface area contributed by atoms with Crippen LogP contribution in [-0.4, -0.2) is 24.1 Å². The summed E-state index contributed by atoms with van der Waals surface area (Å²) in [4.78, 5) is 22.9. The van der Waals surface area contributed by atoms with Crippen molar-refractivity contribution in [3.63, 3.8) is 0 Å². The van der Waals surface area contributed by atoms with Gasteiger partial charge >= 0.3 is 0 Å². The van der Waals surface area contributed by atoms with Crippen LogP contribution in [-0.2, 0) is 9.59 Å². The lowest BCUT2D eigenvalue weighted by Crippen LogP contribution is -2.25. The summed E-state index contributed by atoms with van der Waals surface area (Å²) in [6, 6.07) is 16.3. The van der Waals surface area contributed by atoms with Gasteiger partial charge in [0.25, 0.3) is 5.91 Å². The second-order valence-electron chi connectivity index (χ2n) is 5.10. The smallest absolute Gasteiger partial charge is 0.277 e. The number of ether oxygens (including phenoxy) is 1. The van der Waals surface area contributed by atoms with Gasteiger partial charge in [0, 0.05) is 12.6 Å². The molecule has 0 radical (unpaired) electrons. The Hall–Kier alpha value is -3.15. The number of nitrogens with one attached hydrogen (secondary N) is 2. The van der Waals surface area contributed by atoms with Crippen LogP contribution in [0.3, 0.4) is 0 Å². The van der Waals surface area contributed by atoms with E-state index in [0.29, 0.717) is 17.1 Å². The Kier molecular flexibility index (Phi) is 6.08. The summed E-state index contributed by atoms with van der Waals surface area (Å²) in [5, 5.41) is 6.75. The topological polar surface area (TPSA) is 79.8 Å². The lowest BCUT2D eigenvalue weighted by Gasteiger charge is -2.07. The predicted molar refractivity (Wildman–Crippen MR) is 93.0 cm³/mol. The molecular weight excluding hydrogens is 306 g/mol. The predicted octanol–water partition coefficient (Wildman–Crippen LogP) is 2.56. The normalized spacial score (nSPS) is 10.8. The van der Waals surface area contributed by atoms with Gasteiger partial charge < -0.3 is 10.1 Å². The molecule has 6 heteroatoms. The average Bonchev–Trinajstić information content (AvgIpc) is 2.58. The molecule has 0 saturated heterocycles. The first-order valence-corrected chi connectivity index (χ1v) is 7.43. The molecule has 0 spiro atoms. The lowest BCUT2D eigenvalue weighted by molar-refractivity contribution is -0.123. The van der Waals surface area contributed by atoms with E-state index in [0.717, 1.165) is 5.56 Å². The number of carbonyl (C=O) groups excluding carboxylic acids is 2. The van der Waals surface area contributed by atoms with Crippen molar-refractivity contribution in [3.05, 3.63) is 60.2 Å². The highest BCUT2D eigenvalue weighted by Crippen LogP contribution is 2.11. The summed E-state index contributed by atoms with van der Waals surface area (Å²) in [6.45, 7) is 3.10. The Morgan fingerprint density at radius 2 is 1.79 bits per heavy atom. The first-order valence-electron chi connectivity index (χ1n) is 7.43. The highest BCUT2D eigenvalue weighted by molar-refractivity contribution is 6.00. The van der Waals surface area contributed by atoms with E-state index in [2.05, 4.69) is 15.8 Å². The van der Waals surface area contributed by atoms with E-state index in [4.69, 9.17) is 4.74 Å². The molecule has 0 aliphatic carbocycles. The van der Waals surface area contributed by atoms with Gasteiger partial charge in [-0.3, -0.25) is 9.59 Å². The maximum absolute atomic E-state index is 11.8. The van der Waals surface area contributed by atoms with E-state index < -0.39 is 0 Å². The Labute approximate surface area is 140 Å². The number of nitrogens with zero attached hydrogens (tertiary/aromatic N) is 1. The zero-order valence-electron chi connectivity index (χ0n) is 13.6. The fourth-order valence-electron chi connectivity index (χ4n) is 1.93. The van der Waals surface area contributed by atoms with Crippen molar-refractivity contribution in [1.29, 1.82) is 0 Å². The molecule has 24 heavy (non-hydrogen) atoms. The number of rotatable bonds is 6. The fourth-order valence-corrected chi connectivity index (χ4v) is 1.93. The molecule has 0 atom stereocenters. The highest BCUT2D eigenvalue weighted by atomic mass is 16.5. The minimum absolute atomic E-state index is 0.118. The van der Waals surface area contributed by atoms with Crippen LogP contribution in [0.15, 0.2) is 59.7 Å². The Bertz CT molecular complexity index is 742. The molecule has 0 unspecified atom stereocenters. The van der Waals surface area contributed by atoms with E-state index in [1.165, 1.54) is 6.92 Å². The van der Waals surface area contributed by atoms with Gasteiger partial charge in [-0.25, -0.2) is 5.43 Å². The molecule has 124 valence electrons. The number of hydrogen-bond donors (Lipinski definition) is 2. The van der Waals surface area contributed by atoms with Gasteiger partial charge in [-0.15, -0.1) is 0 Å². The molecule has 2 aromatic rings. The number of hydrogen-bond acceptors (Lipinski definition) is 4. The fraction of sp³-hybridized carbons (Fsp3) is 0.167. The van der Waals surface area contributed by atoms with Crippen LogP contribution < -0.4 is 15.5 Å². The number of amides is 2. The number of carbonyl (C=O) groups is 2. The van der Waals surface area contributed by atoms with Gasteiger partial charge in [0.15, 0.2) is 6.61 Å². The molecule has 6 nitrogen and oxygen atoms in total. The van der Waals surface area contributed by atoms with E-state index in [1.807, 2.05) is 24.3 Å². The first kappa shape index (κ1) is 17.2. The molecule has 0 aliphatic heterocycles. The standard InChI is InChI=1S/C18H19N3O3/c1-13(15-7-6-8-16(11-15)19-14(2)22)20-21-18(23)12-24-17-9-4-3-5-10-17/h3-11H,12H2,1-2H3,(H,19,22)(H,21,23)/b20-13-. The summed E-state index contributed by atoms with van der Waals surface area (Å²) in [5.74, 6) is 0.126. The van der Waals surface area contributed by atoms with Crippen LogP contribution in [0, 0.1) is 0 Å². The van der Waals surface area contributed by atoms with Gasteiger partial charge in [0.1, 0.15) is 5.75 Å². The first-order chi connectivity index (χ1) is 11.5. The third-order valence-corrected chi connectivity index (χ3v) is 3.06. The largest absolute Gasteiger partial charge is 0.484 e. The SMILES string of the molecule is CC(=O)Nc1cccc(/C(C)=N\NC(=O)COc2ccccc2)c1. The summed E-state index contributed by atoms with van der Waals surface area (Å²) >= 11 is 0. The third kappa shape index (κ3) is 5.57. The highest BCUT2D eigenvalue weighted by Gasteiger charge is 2.04. The molecular formula is C18H19N3O3. The van der Waals surface area contributed by atoms with Crippen LogP contribution >= 0.6 is 0 Å². The minimum atomic E-state index is -0.351. The van der Waals surface area contributed by atoms with Crippen LogP contribution in [0.2, 0.25) is 0 Å². The van der Waals surface area contributed by atoms with Gasteiger partial charge in [0.05, 0.1) is 5.71 Å². The number of hydrazone groups is 1. The molecule has 2 aromatic carbocycles. The summed E-state index contributed by atoms with van der Waals surface area (Å²) in [5.41, 5.74) is 4.54. The van der Waals surface area contributed by atoms with Gasteiger partial charge in [-0.2, -0.15) is 5.10 Å². The van der Waals surface area contributed by atoms with E-state index in [1.54, 1.807) is 37.3 Å². The maximum atomic E-state index is 11.8. The molecule has 0 aliphatic rings. The molecule has 0 aromatic heterocycles. The van der Waals surface area contributed by atoms with E-state index in [9.17, 15) is 9.59 Å². The van der Waals surface area contributed by atoms with Gasteiger partial charge in [-0.05, 0) is 36.8 Å². The van der Waals surface area contributed by atoms with Crippen LogP contribution in [0.5, 0.6) is 5.75 Å². The Morgan fingerprint density at radius 3 is 2.50 bits per heavy atom. The van der Waals surface area contributed by atoms with Gasteiger partial charge in [0.2, 0.25) is 5.91 Å². The monoisotopic (exact) mass is 325 g/mol. The molecule has 2 N–H and O–H groups in total. The second kappa shape index (κ2) is 8.47. The molecule has 0 heterocycles. The van der Waals surface area contributed by atoms with E-state index in [-0.39, 0.29) is 18.4 Å². The molecule has 2 amide bonds.